The summed E-state index contributed by atoms with van der Waals surface area (Å²) in [6.07, 6.45) is 8.84. The number of benzene rings is 1. The van der Waals surface area contributed by atoms with Gasteiger partial charge in [0.1, 0.15) is 5.76 Å². The number of rotatable bonds is 1. The largest absolute Gasteiger partial charge is 0.504 e. The van der Waals surface area contributed by atoms with Crippen LogP contribution in [-0.2, 0) is 16.6 Å². The first kappa shape index (κ1) is 11.7. The van der Waals surface area contributed by atoms with Crippen molar-refractivity contribution in [3.05, 3.63) is 46.7 Å². The third-order valence-corrected chi connectivity index (χ3v) is 5.82. The molecular formula is C18H18O3. The van der Waals surface area contributed by atoms with Crippen molar-refractivity contribution in [3.8, 4) is 11.5 Å². The number of allylic oxidation sites excluding steroid dienone is 2. The maximum Gasteiger partial charge on any atom is 0.169 e. The Bertz CT molecular complexity index is 715. The van der Waals surface area contributed by atoms with Crippen LogP contribution >= 0.6 is 0 Å². The van der Waals surface area contributed by atoms with Crippen LogP contribution in [0, 0.1) is 5.92 Å². The molecule has 4 aliphatic rings. The zero-order chi connectivity index (χ0) is 14.2. The van der Waals surface area contributed by atoms with E-state index in [1.165, 1.54) is 29.5 Å². The minimum atomic E-state index is -0.104. The Morgan fingerprint density at radius 3 is 3.10 bits per heavy atom. The molecule has 1 fully saturated rings. The molecule has 0 saturated heterocycles. The Balaban J connectivity index is 1.87. The monoisotopic (exact) mass is 282 g/mol. The van der Waals surface area contributed by atoms with Crippen molar-refractivity contribution in [2.24, 2.45) is 5.92 Å². The smallest absolute Gasteiger partial charge is 0.169 e. The SMILES string of the molecule is COC1=CC=C2C3CCCC24c2c(ccc(O)c2OC14)C3. The van der Waals surface area contributed by atoms with Gasteiger partial charge in [-0.15, -0.1) is 0 Å². The molecule has 3 atom stereocenters. The van der Waals surface area contributed by atoms with Crippen molar-refractivity contribution in [2.45, 2.75) is 37.2 Å². The average Bonchev–Trinajstić information content (AvgIpc) is 2.83. The third kappa shape index (κ3) is 1.18. The highest BCUT2D eigenvalue weighted by atomic mass is 16.5. The van der Waals surface area contributed by atoms with Gasteiger partial charge in [-0.1, -0.05) is 24.1 Å². The number of phenols is 1. The highest BCUT2D eigenvalue weighted by Crippen LogP contribution is 2.64. The summed E-state index contributed by atoms with van der Waals surface area (Å²) < 4.78 is 11.8. The fraction of sp³-hybridized carbons (Fsp3) is 0.444. The summed E-state index contributed by atoms with van der Waals surface area (Å²) in [7, 11) is 1.71. The van der Waals surface area contributed by atoms with E-state index >= 15 is 0 Å². The molecule has 1 aromatic carbocycles. The van der Waals surface area contributed by atoms with Gasteiger partial charge in [0.2, 0.25) is 0 Å². The van der Waals surface area contributed by atoms with Gasteiger partial charge in [0.15, 0.2) is 17.6 Å². The molecule has 0 amide bonds. The molecule has 1 heterocycles. The average molecular weight is 282 g/mol. The number of hydrogen-bond acceptors (Lipinski definition) is 3. The van der Waals surface area contributed by atoms with Gasteiger partial charge in [-0.05, 0) is 42.9 Å². The highest BCUT2D eigenvalue weighted by Gasteiger charge is 2.60. The lowest BCUT2D eigenvalue weighted by Crippen LogP contribution is -2.50. The van der Waals surface area contributed by atoms with E-state index in [1.807, 2.05) is 0 Å². The molecule has 3 heteroatoms. The van der Waals surface area contributed by atoms with Gasteiger partial charge in [-0.2, -0.15) is 0 Å². The second-order valence-corrected chi connectivity index (χ2v) is 6.61. The minimum Gasteiger partial charge on any atom is -0.504 e. The van der Waals surface area contributed by atoms with Crippen LogP contribution in [-0.4, -0.2) is 18.3 Å². The molecule has 1 aliphatic heterocycles. The lowest BCUT2D eigenvalue weighted by molar-refractivity contribution is 0.0948. The summed E-state index contributed by atoms with van der Waals surface area (Å²) in [6.45, 7) is 0. The molecule has 1 N–H and O–H groups in total. The maximum atomic E-state index is 10.3. The zero-order valence-electron chi connectivity index (χ0n) is 12.1. The molecule has 1 aromatic rings. The second-order valence-electron chi connectivity index (χ2n) is 6.61. The summed E-state index contributed by atoms with van der Waals surface area (Å²) in [5.41, 5.74) is 3.99. The van der Waals surface area contributed by atoms with Crippen LogP contribution in [0.25, 0.3) is 0 Å². The number of phenolic OH excluding ortho intramolecular Hbond substituents is 1. The molecule has 0 aromatic heterocycles. The van der Waals surface area contributed by atoms with Gasteiger partial charge >= 0.3 is 0 Å². The number of hydrogen-bond donors (Lipinski definition) is 1. The van der Waals surface area contributed by atoms with E-state index in [4.69, 9.17) is 9.47 Å². The number of methoxy groups -OCH3 is 1. The molecule has 21 heavy (non-hydrogen) atoms. The third-order valence-electron chi connectivity index (χ3n) is 5.82. The zero-order valence-corrected chi connectivity index (χ0v) is 12.1. The van der Waals surface area contributed by atoms with E-state index in [-0.39, 0.29) is 17.3 Å². The van der Waals surface area contributed by atoms with Crippen LogP contribution in [0.2, 0.25) is 0 Å². The minimum absolute atomic E-state index is 0.0926. The lowest BCUT2D eigenvalue weighted by atomic mass is 9.53. The maximum absolute atomic E-state index is 10.3. The summed E-state index contributed by atoms with van der Waals surface area (Å²) in [5, 5.41) is 10.3. The van der Waals surface area contributed by atoms with E-state index in [9.17, 15) is 5.11 Å². The van der Waals surface area contributed by atoms with Crippen molar-refractivity contribution < 1.29 is 14.6 Å². The summed E-state index contributed by atoms with van der Waals surface area (Å²) in [6, 6.07) is 3.87. The van der Waals surface area contributed by atoms with Crippen molar-refractivity contribution in [1.82, 2.24) is 0 Å². The van der Waals surface area contributed by atoms with Crippen LogP contribution < -0.4 is 4.74 Å². The predicted molar refractivity (Wildman–Crippen MR) is 78.4 cm³/mol. The van der Waals surface area contributed by atoms with Crippen molar-refractivity contribution in [3.63, 3.8) is 0 Å². The molecule has 3 unspecified atom stereocenters. The Hall–Kier alpha value is -1.90. The van der Waals surface area contributed by atoms with Gasteiger partial charge in [0.05, 0.1) is 12.5 Å². The molecule has 0 radical (unpaired) electrons. The van der Waals surface area contributed by atoms with E-state index in [1.54, 1.807) is 13.2 Å². The Morgan fingerprint density at radius 1 is 1.33 bits per heavy atom. The number of ether oxygens (including phenoxy) is 2. The lowest BCUT2D eigenvalue weighted by Gasteiger charge is -2.49. The molecule has 2 bridgehead atoms. The highest BCUT2D eigenvalue weighted by molar-refractivity contribution is 5.66. The Labute approximate surface area is 123 Å². The van der Waals surface area contributed by atoms with Crippen LogP contribution in [0.15, 0.2) is 35.6 Å². The first-order valence-corrected chi connectivity index (χ1v) is 7.74. The molecule has 5 rings (SSSR count). The van der Waals surface area contributed by atoms with E-state index < -0.39 is 0 Å². The molecule has 1 spiro atoms. The van der Waals surface area contributed by atoms with E-state index in [0.29, 0.717) is 11.7 Å². The summed E-state index contributed by atoms with van der Waals surface area (Å²) >= 11 is 0. The molecule has 3 aliphatic carbocycles. The normalized spacial score (nSPS) is 34.5. The summed E-state index contributed by atoms with van der Waals surface area (Å²) in [5.74, 6) is 2.44. The fourth-order valence-electron chi connectivity index (χ4n) is 5.08. The fourth-order valence-corrected chi connectivity index (χ4v) is 5.08. The first-order valence-electron chi connectivity index (χ1n) is 7.74. The standard InChI is InChI=1S/C18H18O3/c1-20-14-7-5-12-10-3-2-8-18(12)15-11(9-10)4-6-13(19)16(15)21-17(14)18/h4-7,10,17,19H,2-3,8-9H2,1H3. The van der Waals surface area contributed by atoms with Crippen molar-refractivity contribution >= 4 is 0 Å². The summed E-state index contributed by atoms with van der Waals surface area (Å²) in [4.78, 5) is 0. The van der Waals surface area contributed by atoms with Gasteiger partial charge in [0, 0.05) is 5.56 Å². The predicted octanol–water partition coefficient (Wildman–Crippen LogP) is 3.22. The molecular weight excluding hydrogens is 264 g/mol. The molecule has 1 saturated carbocycles. The van der Waals surface area contributed by atoms with Gasteiger partial charge in [-0.3, -0.25) is 0 Å². The van der Waals surface area contributed by atoms with Gasteiger partial charge in [0.25, 0.3) is 0 Å². The Kier molecular flexibility index (Phi) is 2.04. The Morgan fingerprint density at radius 2 is 2.24 bits per heavy atom. The topological polar surface area (TPSA) is 38.7 Å². The van der Waals surface area contributed by atoms with E-state index in [2.05, 4.69) is 18.2 Å². The van der Waals surface area contributed by atoms with Crippen LogP contribution in [0.1, 0.15) is 30.4 Å². The van der Waals surface area contributed by atoms with Crippen molar-refractivity contribution in [1.29, 1.82) is 0 Å². The van der Waals surface area contributed by atoms with E-state index in [0.717, 1.165) is 18.6 Å². The first-order chi connectivity index (χ1) is 10.3. The van der Waals surface area contributed by atoms with Crippen molar-refractivity contribution in [2.75, 3.05) is 7.11 Å². The van der Waals surface area contributed by atoms with Crippen LogP contribution in [0.5, 0.6) is 11.5 Å². The van der Waals surface area contributed by atoms with Gasteiger partial charge in [-0.25, -0.2) is 0 Å². The van der Waals surface area contributed by atoms with Crippen LogP contribution in [0.4, 0.5) is 0 Å². The van der Waals surface area contributed by atoms with Crippen LogP contribution in [0.3, 0.4) is 0 Å². The number of aromatic hydroxyl groups is 1. The molecule has 3 nitrogen and oxygen atoms in total. The quantitative estimate of drug-likeness (QED) is 0.859. The molecule has 108 valence electrons. The second kappa shape index (κ2) is 3.65. The van der Waals surface area contributed by atoms with Gasteiger partial charge < -0.3 is 14.6 Å².